The highest BCUT2D eigenvalue weighted by atomic mass is 32.2. The first-order valence-corrected chi connectivity index (χ1v) is 11.6. The second-order valence-corrected chi connectivity index (χ2v) is 7.81. The highest BCUT2D eigenvalue weighted by Gasteiger charge is 2.30. The van der Waals surface area contributed by atoms with Crippen LogP contribution in [0.25, 0.3) is 11.1 Å². The fourth-order valence-electron chi connectivity index (χ4n) is 2.78. The lowest BCUT2D eigenvalue weighted by Gasteiger charge is -2.15. The Hall–Kier alpha value is -4.47. The summed E-state index contributed by atoms with van der Waals surface area (Å²) in [7, 11) is 0. The lowest BCUT2D eigenvalue weighted by Crippen LogP contribution is -2.32. The first-order valence-electron chi connectivity index (χ1n) is 10.2. The number of thioether (sulfide) groups is 1. The van der Waals surface area contributed by atoms with Gasteiger partial charge in [0.2, 0.25) is 0 Å². The summed E-state index contributed by atoms with van der Waals surface area (Å²) in [5, 5.41) is 43.2. The molecule has 3 rings (SSSR count). The van der Waals surface area contributed by atoms with Crippen LogP contribution in [0.2, 0.25) is 0 Å². The smallest absolute Gasteiger partial charge is 0.328 e. The van der Waals surface area contributed by atoms with Crippen LogP contribution in [-0.2, 0) is 9.53 Å². The molecule has 0 saturated carbocycles. The molecule has 2 aromatic carbocycles. The van der Waals surface area contributed by atoms with Crippen LogP contribution < -0.4 is 5.32 Å². The molecule has 0 aliphatic heterocycles. The zero-order chi connectivity index (χ0) is 26.8. The molecule has 0 radical (unpaired) electrons. The molecule has 1 aromatic heterocycles. The van der Waals surface area contributed by atoms with E-state index in [0.717, 1.165) is 11.3 Å². The van der Waals surface area contributed by atoms with Gasteiger partial charge in [-0.1, -0.05) is 12.1 Å². The maximum atomic E-state index is 11.9. The fraction of sp³-hybridized carbons (Fsp3) is 0.300. The minimum atomic E-state index is -1.21. The summed E-state index contributed by atoms with van der Waals surface area (Å²) in [6.07, 6.45) is 2.67. The summed E-state index contributed by atoms with van der Waals surface area (Å²) in [5.74, 6) is -0.624. The van der Waals surface area contributed by atoms with Crippen LogP contribution in [0.3, 0.4) is 0 Å². The minimum absolute atomic E-state index is 0.274. The van der Waals surface area contributed by atoms with E-state index in [0.29, 0.717) is 36.8 Å². The predicted molar refractivity (Wildman–Crippen MR) is 129 cm³/mol. The molecule has 0 fully saturated rings. The highest BCUT2D eigenvalue weighted by molar-refractivity contribution is 7.98. The molecule has 2 N–H and O–H groups in total. The van der Waals surface area contributed by atoms with Crippen LogP contribution in [-0.4, -0.2) is 55.5 Å². The van der Waals surface area contributed by atoms with Crippen LogP contribution in [0.1, 0.15) is 13.3 Å². The summed E-state index contributed by atoms with van der Waals surface area (Å²) in [6, 6.07) is 8.30. The Balaban J connectivity index is 0.000000261. The monoisotopic (exact) mass is 523 g/mol. The van der Waals surface area contributed by atoms with E-state index in [1.807, 2.05) is 30.5 Å². The number of ether oxygens (including phenoxy) is 1. The third-order valence-corrected chi connectivity index (χ3v) is 5.08. The van der Waals surface area contributed by atoms with Gasteiger partial charge < -0.3 is 19.6 Å². The number of aromatic hydroxyl groups is 1. The molecule has 0 aliphatic carbocycles. The Morgan fingerprint density at radius 3 is 2.25 bits per heavy atom. The summed E-state index contributed by atoms with van der Waals surface area (Å²) < 4.78 is 10.6. The van der Waals surface area contributed by atoms with Crippen molar-refractivity contribution in [2.24, 2.45) is 0 Å². The van der Waals surface area contributed by atoms with Gasteiger partial charge >= 0.3 is 17.3 Å². The molecule has 15 nitrogen and oxygen atoms in total. The number of fused-ring (bicyclic) bond motifs is 1. The van der Waals surface area contributed by atoms with Gasteiger partial charge in [-0.15, -0.1) is 0 Å². The van der Waals surface area contributed by atoms with Crippen molar-refractivity contribution in [2.45, 2.75) is 19.4 Å². The van der Waals surface area contributed by atoms with E-state index < -0.39 is 43.6 Å². The number of carbonyl (C=O) groups is 1. The number of nitrogens with zero attached hydrogens (tertiary/aromatic N) is 4. The number of phenols is 1. The van der Waals surface area contributed by atoms with Crippen LogP contribution in [0, 0.1) is 30.3 Å². The number of oxazole rings is 1. The van der Waals surface area contributed by atoms with Crippen LogP contribution in [0.5, 0.6) is 5.75 Å². The number of nitro groups is 3. The van der Waals surface area contributed by atoms with Crippen molar-refractivity contribution in [2.75, 3.05) is 23.9 Å². The lowest BCUT2D eigenvalue weighted by molar-refractivity contribution is -0.404. The molecule has 1 atom stereocenters. The van der Waals surface area contributed by atoms with Crippen LogP contribution >= 0.6 is 11.8 Å². The van der Waals surface area contributed by atoms with E-state index >= 15 is 0 Å². The number of rotatable bonds is 10. The standard InChI is InChI=1S/C14H18N2O3S.C6H3N3O7/c1-3-18-13(17)11(8-9-20-2)16-14-15-10-6-4-5-7-12(10)19-14;10-6-4(8(13)14)1-3(7(11)12)2-5(6)9(15)16/h4-7,11H,3,8-9H2,1-2H3,(H,15,16);1-2,10H. The Labute approximate surface area is 206 Å². The van der Waals surface area contributed by atoms with E-state index in [9.17, 15) is 35.1 Å². The quantitative estimate of drug-likeness (QED) is 0.218. The topological polar surface area (TPSA) is 214 Å². The number of phenolic OH excluding ortho intramolecular Hbond substituents is 1. The molecule has 3 aromatic rings. The van der Waals surface area contributed by atoms with Crippen molar-refractivity contribution < 1.29 is 33.8 Å². The predicted octanol–water partition coefficient (Wildman–Crippen LogP) is 4.04. The lowest BCUT2D eigenvalue weighted by atomic mass is 10.2. The number of carbonyl (C=O) groups excluding carboxylic acids is 1. The first kappa shape index (κ1) is 27.8. The number of non-ortho nitro benzene ring substituents is 1. The number of anilines is 1. The van der Waals surface area contributed by atoms with Crippen LogP contribution in [0.15, 0.2) is 40.8 Å². The number of nitro benzene ring substituents is 3. The second-order valence-electron chi connectivity index (χ2n) is 6.82. The van der Waals surface area contributed by atoms with E-state index in [1.54, 1.807) is 18.7 Å². The Kier molecular flexibility index (Phi) is 9.91. The third kappa shape index (κ3) is 7.26. The molecule has 0 saturated heterocycles. The number of hydrogen-bond acceptors (Lipinski definition) is 13. The van der Waals surface area contributed by atoms with Gasteiger partial charge in [0.15, 0.2) is 5.58 Å². The Morgan fingerprint density at radius 2 is 1.75 bits per heavy atom. The zero-order valence-electron chi connectivity index (χ0n) is 19.0. The molecular formula is C20H21N5O10S. The number of hydrogen-bond donors (Lipinski definition) is 2. The molecule has 0 amide bonds. The minimum Gasteiger partial charge on any atom is -0.497 e. The zero-order valence-corrected chi connectivity index (χ0v) is 19.8. The average Bonchev–Trinajstić information content (AvgIpc) is 3.24. The average molecular weight is 523 g/mol. The normalized spacial score (nSPS) is 11.2. The van der Waals surface area contributed by atoms with Gasteiger partial charge in [-0.25, -0.2) is 4.79 Å². The molecular weight excluding hydrogens is 502 g/mol. The van der Waals surface area contributed by atoms with Crippen molar-refractivity contribution >= 4 is 51.9 Å². The SMILES string of the molecule is CCOC(=O)C(CCSC)Nc1nc2ccccc2o1.O=[N+]([O-])c1cc([N+](=O)[O-])c(O)c([N+](=O)[O-])c1. The van der Waals surface area contributed by atoms with Crippen molar-refractivity contribution in [1.82, 2.24) is 4.98 Å². The van der Waals surface area contributed by atoms with Gasteiger partial charge in [0.25, 0.3) is 17.5 Å². The molecule has 1 unspecified atom stereocenters. The van der Waals surface area contributed by atoms with Gasteiger partial charge in [0.05, 0.1) is 33.5 Å². The summed E-state index contributed by atoms with van der Waals surface area (Å²) in [6.45, 7) is 2.16. The second kappa shape index (κ2) is 12.8. The van der Waals surface area contributed by atoms with Crippen LogP contribution in [0.4, 0.5) is 23.1 Å². The number of aromatic nitrogens is 1. The van der Waals surface area contributed by atoms with Gasteiger partial charge in [0, 0.05) is 0 Å². The van der Waals surface area contributed by atoms with Gasteiger partial charge in [-0.05, 0) is 37.5 Å². The summed E-state index contributed by atoms with van der Waals surface area (Å²) in [5.41, 5.74) is -1.54. The molecule has 16 heteroatoms. The summed E-state index contributed by atoms with van der Waals surface area (Å²) in [4.78, 5) is 44.0. The molecule has 0 spiro atoms. The van der Waals surface area contributed by atoms with E-state index in [1.165, 1.54) is 0 Å². The highest BCUT2D eigenvalue weighted by Crippen LogP contribution is 2.38. The maximum Gasteiger partial charge on any atom is 0.328 e. The van der Waals surface area contributed by atoms with Gasteiger partial charge in [-0.2, -0.15) is 16.7 Å². The van der Waals surface area contributed by atoms with Crippen molar-refractivity contribution in [1.29, 1.82) is 0 Å². The Morgan fingerprint density at radius 1 is 1.14 bits per heavy atom. The van der Waals surface area contributed by atoms with Crippen molar-refractivity contribution in [3.8, 4) is 5.75 Å². The number of para-hydroxylation sites is 2. The Bertz CT molecular complexity index is 1200. The van der Waals surface area contributed by atoms with E-state index in [-0.39, 0.29) is 5.97 Å². The van der Waals surface area contributed by atoms with Crippen molar-refractivity contribution in [3.05, 3.63) is 66.7 Å². The fourth-order valence-corrected chi connectivity index (χ4v) is 3.26. The van der Waals surface area contributed by atoms with Gasteiger partial charge in [0.1, 0.15) is 11.6 Å². The molecule has 36 heavy (non-hydrogen) atoms. The van der Waals surface area contributed by atoms with Crippen molar-refractivity contribution in [3.63, 3.8) is 0 Å². The third-order valence-electron chi connectivity index (χ3n) is 4.43. The summed E-state index contributed by atoms with van der Waals surface area (Å²) >= 11 is 1.68. The number of benzene rings is 2. The molecule has 192 valence electrons. The molecule has 0 aliphatic rings. The number of nitrogens with one attached hydrogen (secondary N) is 1. The maximum absolute atomic E-state index is 11.9. The number of esters is 1. The van der Waals surface area contributed by atoms with Gasteiger partial charge in [-0.3, -0.25) is 30.3 Å². The van der Waals surface area contributed by atoms with E-state index in [2.05, 4.69) is 10.3 Å². The largest absolute Gasteiger partial charge is 0.497 e. The van der Waals surface area contributed by atoms with E-state index in [4.69, 9.17) is 14.3 Å². The molecule has 0 bridgehead atoms. The molecule has 1 heterocycles. The first-order chi connectivity index (χ1) is 17.1.